The van der Waals surface area contributed by atoms with E-state index in [9.17, 15) is 55.6 Å². The molecule has 9 aromatic rings. The Morgan fingerprint density at radius 3 is 0.820 bits per heavy atom. The first-order valence-electron chi connectivity index (χ1n) is 16.4. The van der Waals surface area contributed by atoms with Crippen LogP contribution in [0.3, 0.4) is 0 Å². The Labute approximate surface area is 347 Å². The van der Waals surface area contributed by atoms with Gasteiger partial charge in [0, 0.05) is 58.7 Å². The summed E-state index contributed by atoms with van der Waals surface area (Å²) in [6.07, 6.45) is 10.5. The average molecular weight is 992 g/mol. The Morgan fingerprint density at radius 1 is 0.344 bits per heavy atom. The third-order valence-corrected chi connectivity index (χ3v) is 7.12. The maximum absolute atomic E-state index is 10.7. The van der Waals surface area contributed by atoms with E-state index in [0.717, 1.165) is 48.3 Å². The summed E-state index contributed by atoms with van der Waals surface area (Å²) >= 11 is 0. The van der Waals surface area contributed by atoms with Gasteiger partial charge in [-0.1, -0.05) is 60.7 Å². The van der Waals surface area contributed by atoms with Gasteiger partial charge in [-0.3, -0.25) is 29.9 Å². The summed E-state index contributed by atoms with van der Waals surface area (Å²) in [4.78, 5) is 25.6. The van der Waals surface area contributed by atoms with Gasteiger partial charge in [-0.15, -0.1) is 14.9 Å². The molecule has 25 heteroatoms. The van der Waals surface area contributed by atoms with Crippen LogP contribution in [0.5, 0.6) is 0 Å². The third kappa shape index (κ3) is 16.9. The standard InChI is InChI=1S/C12H9N5O.2C12H8N2.2F6P.Rh/c18-17-11(9-5-1-3-7-13-9)15-16-12(17)10-6-2-4-8-14-10;2*1-3-9-5-6-10-4-2-8-14-12(10)11(9)13-7-1;2*1-7(2,3,4,5)6;/h1-8,18H;2*1-8H;;;/q;;;2*-1;+2. The maximum Gasteiger partial charge on any atom is 2.00 e. The van der Waals surface area contributed by atoms with Crippen molar-refractivity contribution >= 4 is 59.2 Å². The van der Waals surface area contributed by atoms with Crippen molar-refractivity contribution in [3.8, 4) is 23.0 Å². The van der Waals surface area contributed by atoms with Crippen LogP contribution in [-0.2, 0) is 19.5 Å². The zero-order valence-electron chi connectivity index (χ0n) is 30.1. The molecule has 0 saturated carbocycles. The van der Waals surface area contributed by atoms with Crippen molar-refractivity contribution in [3.63, 3.8) is 0 Å². The Morgan fingerprint density at radius 2 is 0.590 bits per heavy atom. The monoisotopic (exact) mass is 992 g/mol. The van der Waals surface area contributed by atoms with Crippen LogP contribution in [0.25, 0.3) is 66.6 Å². The first-order chi connectivity index (χ1) is 27.7. The minimum Gasteiger partial charge on any atom is -0.425 e. The minimum atomic E-state index is -10.7. The van der Waals surface area contributed by atoms with Crippen LogP contribution in [0.4, 0.5) is 50.4 Å². The predicted molar refractivity (Wildman–Crippen MR) is 205 cm³/mol. The van der Waals surface area contributed by atoms with Crippen molar-refractivity contribution in [1.29, 1.82) is 0 Å². The minimum absolute atomic E-state index is 0. The Bertz CT molecular complexity index is 2570. The molecule has 0 atom stereocenters. The molecule has 61 heavy (non-hydrogen) atoms. The largest absolute Gasteiger partial charge is 2.00 e. The van der Waals surface area contributed by atoms with Gasteiger partial charge in [-0.2, -0.15) is 0 Å². The summed E-state index contributed by atoms with van der Waals surface area (Å²) in [7, 11) is -21.3. The van der Waals surface area contributed by atoms with Gasteiger partial charge < -0.3 is 5.21 Å². The van der Waals surface area contributed by atoms with E-state index in [1.54, 1.807) is 61.4 Å². The Kier molecular flexibility index (Phi) is 13.1. The van der Waals surface area contributed by atoms with Gasteiger partial charge in [0.05, 0.1) is 22.1 Å². The number of nitrogens with zero attached hydrogens (tertiary/aromatic N) is 9. The number of aromatic nitrogens is 9. The molecule has 7 aromatic heterocycles. The van der Waals surface area contributed by atoms with Crippen LogP contribution in [0.2, 0.25) is 0 Å². The molecule has 1 N–H and O–H groups in total. The number of hydrogen-bond donors (Lipinski definition) is 1. The van der Waals surface area contributed by atoms with E-state index in [1.165, 1.54) is 0 Å². The van der Waals surface area contributed by atoms with Crippen LogP contribution in [0.15, 0.2) is 146 Å². The fourth-order valence-corrected chi connectivity index (χ4v) is 4.95. The van der Waals surface area contributed by atoms with Gasteiger partial charge in [0.2, 0.25) is 11.6 Å². The first kappa shape index (κ1) is 47.6. The zero-order valence-corrected chi connectivity index (χ0v) is 33.5. The van der Waals surface area contributed by atoms with Crippen LogP contribution in [-0.4, -0.2) is 50.0 Å². The van der Waals surface area contributed by atoms with E-state index in [-0.39, 0.29) is 31.1 Å². The van der Waals surface area contributed by atoms with Crippen molar-refractivity contribution < 1.29 is 75.0 Å². The summed E-state index contributed by atoms with van der Waals surface area (Å²) in [6.45, 7) is 0. The fraction of sp³-hybridized carbons (Fsp3) is 0. The molecule has 0 aliphatic heterocycles. The van der Waals surface area contributed by atoms with E-state index in [4.69, 9.17) is 0 Å². The van der Waals surface area contributed by atoms with E-state index < -0.39 is 15.6 Å². The van der Waals surface area contributed by atoms with Gasteiger partial charge >= 0.3 is 85.5 Å². The fourth-order valence-electron chi connectivity index (χ4n) is 4.95. The smallest absolute Gasteiger partial charge is 0.425 e. The maximum atomic E-state index is 10.0. The first-order valence-corrected chi connectivity index (χ1v) is 20.5. The van der Waals surface area contributed by atoms with Gasteiger partial charge in [0.1, 0.15) is 11.4 Å². The second-order valence-corrected chi connectivity index (χ2v) is 15.8. The van der Waals surface area contributed by atoms with Crippen molar-refractivity contribution in [2.45, 2.75) is 0 Å². The summed E-state index contributed by atoms with van der Waals surface area (Å²) in [5.41, 5.74) is 5.01. The molecule has 0 amide bonds. The van der Waals surface area contributed by atoms with E-state index in [0.29, 0.717) is 11.4 Å². The molecular formula is C36H25F12N9OP2Rh. The molecule has 2 aromatic carbocycles. The summed E-state index contributed by atoms with van der Waals surface area (Å²) < 4.78 is 119. The topological polar surface area (TPSA) is 128 Å². The van der Waals surface area contributed by atoms with Crippen molar-refractivity contribution in [2.75, 3.05) is 0 Å². The molecule has 9 rings (SSSR count). The summed E-state index contributed by atoms with van der Waals surface area (Å²) in [5, 5.41) is 22.4. The summed E-state index contributed by atoms with van der Waals surface area (Å²) in [5.74, 6) is 0.576. The molecule has 0 aliphatic carbocycles. The van der Waals surface area contributed by atoms with Crippen LogP contribution in [0.1, 0.15) is 0 Å². The second kappa shape index (κ2) is 16.8. The molecule has 7 heterocycles. The van der Waals surface area contributed by atoms with Crippen LogP contribution in [0, 0.1) is 0 Å². The molecule has 0 fully saturated rings. The quantitative estimate of drug-likeness (QED) is 0.0592. The molecular weight excluding hydrogens is 967 g/mol. The molecule has 0 unspecified atom stereocenters. The van der Waals surface area contributed by atoms with Gasteiger partial charge in [-0.25, -0.2) is 0 Å². The predicted octanol–water partition coefficient (Wildman–Crippen LogP) is 14.0. The second-order valence-electron chi connectivity index (χ2n) is 11.9. The molecule has 1 radical (unpaired) electrons. The molecule has 0 aliphatic rings. The van der Waals surface area contributed by atoms with E-state index >= 15 is 0 Å². The van der Waals surface area contributed by atoms with Crippen molar-refractivity contribution in [2.24, 2.45) is 0 Å². The van der Waals surface area contributed by atoms with Gasteiger partial charge in [0.15, 0.2) is 0 Å². The number of hydrogen-bond acceptors (Lipinski definition) is 9. The molecule has 0 bridgehead atoms. The van der Waals surface area contributed by atoms with E-state index in [2.05, 4.69) is 88.6 Å². The van der Waals surface area contributed by atoms with Crippen molar-refractivity contribution in [1.82, 2.24) is 44.8 Å². The molecule has 0 spiro atoms. The average Bonchev–Trinajstić information content (AvgIpc) is 3.57. The number of halogens is 12. The number of fused-ring (bicyclic) bond motifs is 6. The van der Waals surface area contributed by atoms with Crippen molar-refractivity contribution in [3.05, 3.63) is 146 Å². The summed E-state index contributed by atoms with van der Waals surface area (Å²) in [6, 6.07) is 35.0. The van der Waals surface area contributed by atoms with Crippen LogP contribution < -0.4 is 0 Å². The zero-order chi connectivity index (χ0) is 43.9. The Hall–Kier alpha value is -6.04. The third-order valence-electron chi connectivity index (χ3n) is 7.12. The normalized spacial score (nSPS) is 13.4. The number of benzene rings is 2. The number of rotatable bonds is 2. The van der Waals surface area contributed by atoms with Gasteiger partial charge in [-0.05, 0) is 48.5 Å². The SMILES string of the molecule is F[P-](F)(F)(F)(F)F.F[P-](F)(F)(F)(F)F.On1c(-c2ccccn2)nnc1-c1ccccn1.[Rh+2].c1cnc2c(c1)ccc1cccnc12.c1cnc2c(c1)ccc1cccnc12. The number of pyridine rings is 6. The molecule has 323 valence electrons. The Balaban J connectivity index is 0.000000175. The van der Waals surface area contributed by atoms with Gasteiger partial charge in [0.25, 0.3) is 0 Å². The molecule has 10 nitrogen and oxygen atoms in total. The van der Waals surface area contributed by atoms with Crippen LogP contribution >= 0.6 is 15.6 Å². The van der Waals surface area contributed by atoms with E-state index in [1.807, 2.05) is 36.4 Å². The molecule has 0 saturated heterocycles.